The molecule has 0 radical (unpaired) electrons. The van der Waals surface area contributed by atoms with E-state index in [0.717, 1.165) is 19.5 Å². The number of carbonyl (C=O) groups excluding carboxylic acids is 1. The van der Waals surface area contributed by atoms with Gasteiger partial charge < -0.3 is 20.6 Å². The molecule has 0 aliphatic carbocycles. The molecule has 1 rings (SSSR count). The Morgan fingerprint density at radius 2 is 2.00 bits per heavy atom. The van der Waals surface area contributed by atoms with Crippen LogP contribution in [0.15, 0.2) is 0 Å². The van der Waals surface area contributed by atoms with Crippen LogP contribution in [0.1, 0.15) is 40.0 Å². The molecule has 1 aliphatic rings. The Bertz CT molecular complexity index is 331. The van der Waals surface area contributed by atoms with E-state index in [-0.39, 0.29) is 23.9 Å². The molecule has 0 aromatic carbocycles. The van der Waals surface area contributed by atoms with Crippen molar-refractivity contribution in [1.82, 2.24) is 15.5 Å². The molecule has 0 aromatic heterocycles. The molecular weight excluding hydrogens is 258 g/mol. The van der Waals surface area contributed by atoms with Crippen molar-refractivity contribution < 1.29 is 14.7 Å². The molecule has 0 aromatic rings. The molecule has 1 aliphatic heterocycles. The van der Waals surface area contributed by atoms with Gasteiger partial charge in [-0.3, -0.25) is 4.79 Å². The Hall–Kier alpha value is -1.30. The highest BCUT2D eigenvalue weighted by Crippen LogP contribution is 2.22. The lowest BCUT2D eigenvalue weighted by Crippen LogP contribution is -2.47. The van der Waals surface area contributed by atoms with Crippen LogP contribution in [0.25, 0.3) is 0 Å². The van der Waals surface area contributed by atoms with Gasteiger partial charge in [0.15, 0.2) is 0 Å². The minimum Gasteiger partial charge on any atom is -0.481 e. The van der Waals surface area contributed by atoms with Gasteiger partial charge >= 0.3 is 12.0 Å². The average molecular weight is 285 g/mol. The second kappa shape index (κ2) is 7.47. The number of hydrogen-bond acceptors (Lipinski definition) is 3. The van der Waals surface area contributed by atoms with Gasteiger partial charge in [-0.15, -0.1) is 0 Å². The van der Waals surface area contributed by atoms with Gasteiger partial charge in [0.05, 0.1) is 6.42 Å². The zero-order chi connectivity index (χ0) is 15.2. The van der Waals surface area contributed by atoms with Gasteiger partial charge in [0, 0.05) is 25.7 Å². The molecule has 2 amide bonds. The highest BCUT2D eigenvalue weighted by molar-refractivity contribution is 5.76. The number of aliphatic carboxylic acids is 1. The number of carboxylic acid groups (broad SMARTS) is 1. The first-order valence-electron chi connectivity index (χ1n) is 7.26. The number of nitrogens with one attached hydrogen (secondary N) is 2. The highest BCUT2D eigenvalue weighted by Gasteiger charge is 2.25. The van der Waals surface area contributed by atoms with Crippen LogP contribution in [-0.4, -0.2) is 54.2 Å². The van der Waals surface area contributed by atoms with Crippen LogP contribution in [0.5, 0.6) is 0 Å². The third kappa shape index (κ3) is 6.75. The van der Waals surface area contributed by atoms with Crippen LogP contribution >= 0.6 is 0 Å². The molecule has 1 heterocycles. The summed E-state index contributed by atoms with van der Waals surface area (Å²) in [6, 6.07) is -0.472. The largest absolute Gasteiger partial charge is 0.481 e. The first kappa shape index (κ1) is 16.8. The van der Waals surface area contributed by atoms with E-state index in [2.05, 4.69) is 10.6 Å². The predicted octanol–water partition coefficient (Wildman–Crippen LogP) is 1.27. The quantitative estimate of drug-likeness (QED) is 0.726. The minimum absolute atomic E-state index is 0.0201. The predicted molar refractivity (Wildman–Crippen MR) is 77.7 cm³/mol. The standard InChI is InChI=1S/C14H27N3O3/c1-14(2,3)10-11(9-12(18)19)16-13(20)17-7-4-5-15-6-8-17/h11,15H,4-10H2,1-3H3,(H,16,20)(H,18,19). The number of carboxylic acids is 1. The fourth-order valence-electron chi connectivity index (χ4n) is 2.44. The fourth-order valence-corrected chi connectivity index (χ4v) is 2.44. The van der Waals surface area contributed by atoms with E-state index in [9.17, 15) is 9.59 Å². The maximum absolute atomic E-state index is 12.2. The second-order valence-corrected chi connectivity index (χ2v) is 6.60. The molecule has 6 heteroatoms. The maximum Gasteiger partial charge on any atom is 0.317 e. The van der Waals surface area contributed by atoms with E-state index in [4.69, 9.17) is 5.11 Å². The monoisotopic (exact) mass is 285 g/mol. The smallest absolute Gasteiger partial charge is 0.317 e. The molecule has 6 nitrogen and oxygen atoms in total. The maximum atomic E-state index is 12.2. The molecule has 3 N–H and O–H groups in total. The van der Waals surface area contributed by atoms with E-state index in [1.54, 1.807) is 4.90 Å². The molecule has 0 spiro atoms. The van der Waals surface area contributed by atoms with Crippen molar-refractivity contribution in [3.8, 4) is 0 Å². The van der Waals surface area contributed by atoms with Crippen LogP contribution in [-0.2, 0) is 4.79 Å². The number of nitrogens with zero attached hydrogens (tertiary/aromatic N) is 1. The summed E-state index contributed by atoms with van der Waals surface area (Å²) in [5.74, 6) is -0.878. The van der Waals surface area contributed by atoms with Gasteiger partial charge in [0.1, 0.15) is 0 Å². The zero-order valence-electron chi connectivity index (χ0n) is 12.7. The summed E-state index contributed by atoms with van der Waals surface area (Å²) < 4.78 is 0. The van der Waals surface area contributed by atoms with E-state index in [1.807, 2.05) is 20.8 Å². The SMILES string of the molecule is CC(C)(C)CC(CC(=O)O)NC(=O)N1CCCNCC1. The number of carbonyl (C=O) groups is 2. The lowest BCUT2D eigenvalue weighted by molar-refractivity contribution is -0.137. The number of rotatable bonds is 4. The Labute approximate surface area is 120 Å². The van der Waals surface area contributed by atoms with E-state index in [1.165, 1.54) is 0 Å². The van der Waals surface area contributed by atoms with Crippen molar-refractivity contribution >= 4 is 12.0 Å². The third-order valence-corrected chi connectivity index (χ3v) is 3.23. The van der Waals surface area contributed by atoms with Gasteiger partial charge in [-0.2, -0.15) is 0 Å². The molecular formula is C14H27N3O3. The number of urea groups is 1. The topological polar surface area (TPSA) is 81.7 Å². The van der Waals surface area contributed by atoms with Crippen molar-refractivity contribution in [2.45, 2.75) is 46.1 Å². The summed E-state index contributed by atoms with van der Waals surface area (Å²) >= 11 is 0. The summed E-state index contributed by atoms with van der Waals surface area (Å²) in [7, 11) is 0. The molecule has 1 atom stereocenters. The zero-order valence-corrected chi connectivity index (χ0v) is 12.7. The third-order valence-electron chi connectivity index (χ3n) is 3.23. The van der Waals surface area contributed by atoms with Gasteiger partial charge in [0.2, 0.25) is 0 Å². The minimum atomic E-state index is -0.878. The first-order chi connectivity index (χ1) is 9.28. The van der Waals surface area contributed by atoms with Crippen LogP contribution in [0.2, 0.25) is 0 Å². The lowest BCUT2D eigenvalue weighted by atomic mass is 9.87. The normalized spacial score (nSPS) is 18.2. The van der Waals surface area contributed by atoms with Crippen LogP contribution < -0.4 is 10.6 Å². The van der Waals surface area contributed by atoms with E-state index in [0.29, 0.717) is 19.5 Å². The van der Waals surface area contributed by atoms with Gasteiger partial charge in [-0.25, -0.2) is 4.79 Å². The Morgan fingerprint density at radius 1 is 1.30 bits per heavy atom. The van der Waals surface area contributed by atoms with Crippen LogP contribution in [0.3, 0.4) is 0 Å². The summed E-state index contributed by atoms with van der Waals surface area (Å²) in [4.78, 5) is 24.9. The molecule has 0 saturated carbocycles. The Balaban J connectivity index is 2.57. The number of amides is 2. The average Bonchev–Trinajstić information content (AvgIpc) is 2.53. The highest BCUT2D eigenvalue weighted by atomic mass is 16.4. The molecule has 1 saturated heterocycles. The summed E-state index contributed by atoms with van der Waals surface area (Å²) in [5, 5.41) is 15.1. The molecule has 20 heavy (non-hydrogen) atoms. The van der Waals surface area contributed by atoms with Crippen molar-refractivity contribution in [2.75, 3.05) is 26.2 Å². The van der Waals surface area contributed by atoms with E-state index < -0.39 is 5.97 Å². The fraction of sp³-hybridized carbons (Fsp3) is 0.857. The van der Waals surface area contributed by atoms with E-state index >= 15 is 0 Å². The van der Waals surface area contributed by atoms with Crippen molar-refractivity contribution in [3.63, 3.8) is 0 Å². The van der Waals surface area contributed by atoms with Gasteiger partial charge in [0.25, 0.3) is 0 Å². The number of hydrogen-bond donors (Lipinski definition) is 3. The Kier molecular flexibility index (Phi) is 6.26. The summed E-state index contributed by atoms with van der Waals surface area (Å²) in [5.41, 5.74) is -0.0201. The van der Waals surface area contributed by atoms with Crippen LogP contribution in [0.4, 0.5) is 4.79 Å². The summed E-state index contributed by atoms with van der Waals surface area (Å²) in [6.45, 7) is 9.23. The van der Waals surface area contributed by atoms with Crippen molar-refractivity contribution in [2.24, 2.45) is 5.41 Å². The van der Waals surface area contributed by atoms with Crippen LogP contribution in [0, 0.1) is 5.41 Å². The summed E-state index contributed by atoms with van der Waals surface area (Å²) in [6.07, 6.45) is 1.54. The van der Waals surface area contributed by atoms with Crippen molar-refractivity contribution in [1.29, 1.82) is 0 Å². The molecule has 116 valence electrons. The molecule has 1 fully saturated rings. The Morgan fingerprint density at radius 3 is 2.60 bits per heavy atom. The lowest BCUT2D eigenvalue weighted by Gasteiger charge is -2.28. The van der Waals surface area contributed by atoms with Gasteiger partial charge in [-0.05, 0) is 24.8 Å². The first-order valence-corrected chi connectivity index (χ1v) is 7.26. The van der Waals surface area contributed by atoms with Gasteiger partial charge in [-0.1, -0.05) is 20.8 Å². The van der Waals surface area contributed by atoms with Crippen molar-refractivity contribution in [3.05, 3.63) is 0 Å². The second-order valence-electron chi connectivity index (χ2n) is 6.60. The molecule has 0 bridgehead atoms. The molecule has 1 unspecified atom stereocenters.